The molecule has 0 saturated heterocycles. The zero-order chi connectivity index (χ0) is 20.6. The number of aliphatic imine (C=N–C) groups is 1. The maximum absolute atomic E-state index is 12.0. The first-order chi connectivity index (χ1) is 14.1. The maximum atomic E-state index is 12.0. The molecule has 2 N–H and O–H groups in total. The minimum Gasteiger partial charge on any atom is -0.496 e. The first-order valence-electron chi connectivity index (χ1n) is 10.0. The Morgan fingerprint density at radius 3 is 2.62 bits per heavy atom. The van der Waals surface area contributed by atoms with Gasteiger partial charge >= 0.3 is 0 Å². The number of hydrogen-bond acceptors (Lipinski definition) is 3. The molecular weight excluding hydrogens is 364 g/mol. The van der Waals surface area contributed by atoms with Crippen LogP contribution in [0.25, 0.3) is 0 Å². The van der Waals surface area contributed by atoms with Crippen LogP contribution in [-0.2, 0) is 24.2 Å². The van der Waals surface area contributed by atoms with Crippen molar-refractivity contribution in [2.45, 2.75) is 31.8 Å². The fourth-order valence-electron chi connectivity index (χ4n) is 3.48. The van der Waals surface area contributed by atoms with Crippen molar-refractivity contribution in [3.8, 4) is 5.75 Å². The van der Waals surface area contributed by atoms with E-state index in [2.05, 4.69) is 34.9 Å². The van der Waals surface area contributed by atoms with Gasteiger partial charge in [0.05, 0.1) is 20.2 Å². The molecule has 6 nitrogen and oxygen atoms in total. The van der Waals surface area contributed by atoms with Gasteiger partial charge in [-0.15, -0.1) is 0 Å². The normalized spacial score (nSPS) is 16.0. The molecule has 29 heavy (non-hydrogen) atoms. The maximum Gasteiger partial charge on any atom is 0.241 e. The minimum atomic E-state index is 0.00535. The van der Waals surface area contributed by atoms with Gasteiger partial charge in [-0.25, -0.2) is 4.99 Å². The van der Waals surface area contributed by atoms with Crippen molar-refractivity contribution in [2.75, 3.05) is 27.7 Å². The fraction of sp³-hybridized carbons (Fsp3) is 0.391. The summed E-state index contributed by atoms with van der Waals surface area (Å²) in [5.41, 5.74) is 3.81. The van der Waals surface area contributed by atoms with Crippen molar-refractivity contribution < 1.29 is 9.53 Å². The number of likely N-dealkylation sites (N-methyl/N-ethyl adjacent to an activating group) is 1. The average Bonchev–Trinajstić information content (AvgIpc) is 2.75. The van der Waals surface area contributed by atoms with Crippen LogP contribution in [0.3, 0.4) is 0 Å². The second-order valence-electron chi connectivity index (χ2n) is 7.47. The molecule has 0 bridgehead atoms. The third-order valence-electron chi connectivity index (χ3n) is 5.19. The highest BCUT2D eigenvalue weighted by Crippen LogP contribution is 2.21. The number of carbonyl (C=O) groups excluding carboxylic acids is 1. The van der Waals surface area contributed by atoms with Crippen LogP contribution in [-0.4, -0.2) is 50.6 Å². The van der Waals surface area contributed by atoms with Crippen molar-refractivity contribution in [2.24, 2.45) is 4.99 Å². The highest BCUT2D eigenvalue weighted by Gasteiger charge is 2.19. The number of para-hydroxylation sites is 1. The zero-order valence-corrected chi connectivity index (χ0v) is 17.4. The fourth-order valence-corrected chi connectivity index (χ4v) is 3.48. The van der Waals surface area contributed by atoms with E-state index in [1.54, 1.807) is 26.1 Å². The SMILES string of the molecule is COc1ccccc1CN=C(NCC(=O)N(C)C)NC1CCc2ccccc2C1. The van der Waals surface area contributed by atoms with Crippen LogP contribution >= 0.6 is 0 Å². The molecule has 154 valence electrons. The monoisotopic (exact) mass is 394 g/mol. The van der Waals surface area contributed by atoms with Gasteiger partial charge in [-0.05, 0) is 36.5 Å². The lowest BCUT2D eigenvalue weighted by molar-refractivity contribution is -0.127. The number of benzene rings is 2. The molecule has 1 amide bonds. The summed E-state index contributed by atoms with van der Waals surface area (Å²) in [7, 11) is 5.16. The molecule has 1 unspecified atom stereocenters. The van der Waals surface area contributed by atoms with Gasteiger partial charge in [0, 0.05) is 25.7 Å². The van der Waals surface area contributed by atoms with E-state index in [4.69, 9.17) is 9.73 Å². The van der Waals surface area contributed by atoms with Gasteiger partial charge in [-0.3, -0.25) is 4.79 Å². The molecule has 0 fully saturated rings. The summed E-state index contributed by atoms with van der Waals surface area (Å²) >= 11 is 0. The zero-order valence-electron chi connectivity index (χ0n) is 17.4. The quantitative estimate of drug-likeness (QED) is 0.583. The van der Waals surface area contributed by atoms with Crippen LogP contribution in [0.4, 0.5) is 0 Å². The molecule has 0 saturated carbocycles. The number of amides is 1. The first kappa shape index (κ1) is 20.7. The van der Waals surface area contributed by atoms with Crippen LogP contribution < -0.4 is 15.4 Å². The van der Waals surface area contributed by atoms with E-state index in [0.717, 1.165) is 30.6 Å². The summed E-state index contributed by atoms with van der Waals surface area (Å²) in [4.78, 5) is 18.3. The predicted molar refractivity (Wildman–Crippen MR) is 116 cm³/mol. The summed E-state index contributed by atoms with van der Waals surface area (Å²) in [5, 5.41) is 6.71. The highest BCUT2D eigenvalue weighted by atomic mass is 16.5. The third-order valence-corrected chi connectivity index (χ3v) is 5.19. The molecule has 1 atom stereocenters. The first-order valence-corrected chi connectivity index (χ1v) is 10.0. The van der Waals surface area contributed by atoms with Gasteiger partial charge in [-0.2, -0.15) is 0 Å². The molecule has 0 heterocycles. The van der Waals surface area contributed by atoms with E-state index >= 15 is 0 Å². The number of aryl methyl sites for hydroxylation is 1. The second-order valence-corrected chi connectivity index (χ2v) is 7.47. The molecule has 0 aliphatic heterocycles. The molecule has 6 heteroatoms. The lowest BCUT2D eigenvalue weighted by Gasteiger charge is -2.27. The molecule has 3 rings (SSSR count). The minimum absolute atomic E-state index is 0.00535. The van der Waals surface area contributed by atoms with Gasteiger partial charge < -0.3 is 20.3 Å². The summed E-state index contributed by atoms with van der Waals surface area (Å²) in [6.07, 6.45) is 3.03. The van der Waals surface area contributed by atoms with Crippen molar-refractivity contribution in [3.63, 3.8) is 0 Å². The van der Waals surface area contributed by atoms with E-state index in [1.807, 2.05) is 24.3 Å². The molecule has 1 aliphatic rings. The van der Waals surface area contributed by atoms with Crippen LogP contribution in [0.5, 0.6) is 5.75 Å². The Morgan fingerprint density at radius 2 is 1.86 bits per heavy atom. The lowest BCUT2D eigenvalue weighted by atomic mass is 9.88. The number of nitrogens with one attached hydrogen (secondary N) is 2. The Bertz CT molecular complexity index is 863. The van der Waals surface area contributed by atoms with E-state index in [1.165, 1.54) is 11.1 Å². The molecule has 2 aromatic carbocycles. The summed E-state index contributed by atoms with van der Waals surface area (Å²) in [6.45, 7) is 0.673. The smallest absolute Gasteiger partial charge is 0.241 e. The summed E-state index contributed by atoms with van der Waals surface area (Å²) in [5.74, 6) is 1.47. The van der Waals surface area contributed by atoms with Crippen LogP contribution in [0.2, 0.25) is 0 Å². The molecular formula is C23H30N4O2. The predicted octanol–water partition coefficient (Wildman–Crippen LogP) is 2.38. The van der Waals surface area contributed by atoms with Gasteiger partial charge in [0.2, 0.25) is 5.91 Å². The summed E-state index contributed by atoms with van der Waals surface area (Å²) < 4.78 is 5.43. The summed E-state index contributed by atoms with van der Waals surface area (Å²) in [6, 6.07) is 16.7. The average molecular weight is 395 g/mol. The van der Waals surface area contributed by atoms with Crippen LogP contribution in [0, 0.1) is 0 Å². The number of methoxy groups -OCH3 is 1. The van der Waals surface area contributed by atoms with Crippen molar-refractivity contribution in [1.82, 2.24) is 15.5 Å². The van der Waals surface area contributed by atoms with Gasteiger partial charge in [0.1, 0.15) is 5.75 Å². The standard InChI is InChI=1S/C23H30N4O2/c1-27(2)22(28)16-25-23(24-15-19-10-6-7-11-21(19)29-3)26-20-13-12-17-8-4-5-9-18(17)14-20/h4-11,20H,12-16H2,1-3H3,(H2,24,25,26). The van der Waals surface area contributed by atoms with Gasteiger partial charge in [-0.1, -0.05) is 42.5 Å². The molecule has 0 radical (unpaired) electrons. The Balaban J connectivity index is 1.71. The van der Waals surface area contributed by atoms with Crippen LogP contribution in [0.1, 0.15) is 23.1 Å². The topological polar surface area (TPSA) is 66.0 Å². The number of carbonyl (C=O) groups is 1. The Hall–Kier alpha value is -3.02. The Kier molecular flexibility index (Phi) is 7.11. The number of ether oxygens (including phenoxy) is 1. The number of fused-ring (bicyclic) bond motifs is 1. The van der Waals surface area contributed by atoms with Crippen molar-refractivity contribution >= 4 is 11.9 Å². The molecule has 1 aliphatic carbocycles. The Morgan fingerprint density at radius 1 is 1.14 bits per heavy atom. The van der Waals surface area contributed by atoms with E-state index in [9.17, 15) is 4.79 Å². The van der Waals surface area contributed by atoms with Crippen molar-refractivity contribution in [1.29, 1.82) is 0 Å². The lowest BCUT2D eigenvalue weighted by Crippen LogP contribution is -2.48. The van der Waals surface area contributed by atoms with E-state index in [-0.39, 0.29) is 18.5 Å². The number of rotatable bonds is 6. The number of hydrogen-bond donors (Lipinski definition) is 2. The highest BCUT2D eigenvalue weighted by molar-refractivity contribution is 5.86. The number of nitrogens with zero attached hydrogens (tertiary/aromatic N) is 2. The molecule has 0 aromatic heterocycles. The third kappa shape index (κ3) is 5.73. The largest absolute Gasteiger partial charge is 0.496 e. The van der Waals surface area contributed by atoms with E-state index in [0.29, 0.717) is 12.5 Å². The van der Waals surface area contributed by atoms with Gasteiger partial charge in [0.25, 0.3) is 0 Å². The molecule has 0 spiro atoms. The number of guanidine groups is 1. The van der Waals surface area contributed by atoms with Crippen molar-refractivity contribution in [3.05, 3.63) is 65.2 Å². The second kappa shape index (κ2) is 9.96. The van der Waals surface area contributed by atoms with Gasteiger partial charge in [0.15, 0.2) is 5.96 Å². The van der Waals surface area contributed by atoms with E-state index < -0.39 is 0 Å². The Labute approximate surface area is 173 Å². The van der Waals surface area contributed by atoms with Crippen LogP contribution in [0.15, 0.2) is 53.5 Å². The molecule has 2 aromatic rings.